The minimum atomic E-state index is -1.35. The second-order valence-electron chi connectivity index (χ2n) is 8.74. The fourth-order valence-corrected chi connectivity index (χ4v) is 4.82. The van der Waals surface area contributed by atoms with Gasteiger partial charge in [0.1, 0.15) is 6.61 Å². The minimum Gasteiger partial charge on any atom is -0.480 e. The summed E-state index contributed by atoms with van der Waals surface area (Å²) in [7, 11) is 0. The average Bonchev–Trinajstić information content (AvgIpc) is 3.38. The third-order valence-corrected chi connectivity index (χ3v) is 6.52. The number of carboxylic acid groups (broad SMARTS) is 1. The average molecular weight is 453 g/mol. The van der Waals surface area contributed by atoms with E-state index in [2.05, 4.69) is 34.9 Å². The second-order valence-corrected chi connectivity index (χ2v) is 8.74. The fraction of sp³-hybridized carbons (Fsp3) is 0.400. The maximum atomic E-state index is 12.5. The minimum absolute atomic E-state index is 0.0290. The molecule has 0 bridgehead atoms. The number of carbonyl (C=O) groups is 3. The van der Waals surface area contributed by atoms with Crippen molar-refractivity contribution in [3.05, 3.63) is 59.7 Å². The molecule has 2 aliphatic carbocycles. The first kappa shape index (κ1) is 22.8. The van der Waals surface area contributed by atoms with E-state index in [-0.39, 0.29) is 18.6 Å². The SMILES string of the molecule is CC(O)C(NC(=O)C1CCC(NC(=O)OCC2c3ccccc3-c3ccccc32)C1)C(=O)O. The van der Waals surface area contributed by atoms with Gasteiger partial charge in [0, 0.05) is 17.9 Å². The molecule has 1 fully saturated rings. The molecule has 4 unspecified atom stereocenters. The van der Waals surface area contributed by atoms with Crippen LogP contribution in [0.5, 0.6) is 0 Å². The molecule has 33 heavy (non-hydrogen) atoms. The molecule has 0 aromatic heterocycles. The molecule has 4 atom stereocenters. The Labute approximate surface area is 192 Å². The summed E-state index contributed by atoms with van der Waals surface area (Å²) >= 11 is 0. The van der Waals surface area contributed by atoms with Gasteiger partial charge in [0.15, 0.2) is 6.04 Å². The molecular weight excluding hydrogens is 424 g/mol. The van der Waals surface area contributed by atoms with Crippen LogP contribution in [0.1, 0.15) is 43.2 Å². The molecule has 0 aliphatic heterocycles. The van der Waals surface area contributed by atoms with Crippen LogP contribution in [0.3, 0.4) is 0 Å². The molecule has 4 rings (SSSR count). The van der Waals surface area contributed by atoms with Crippen molar-refractivity contribution in [1.29, 1.82) is 0 Å². The Morgan fingerprint density at radius 2 is 1.64 bits per heavy atom. The van der Waals surface area contributed by atoms with Crippen molar-refractivity contribution < 1.29 is 29.3 Å². The van der Waals surface area contributed by atoms with Gasteiger partial charge in [0.05, 0.1) is 6.10 Å². The number of benzene rings is 2. The summed E-state index contributed by atoms with van der Waals surface area (Å²) in [5, 5.41) is 23.9. The van der Waals surface area contributed by atoms with Gasteiger partial charge >= 0.3 is 12.1 Å². The van der Waals surface area contributed by atoms with E-state index in [1.165, 1.54) is 6.92 Å². The van der Waals surface area contributed by atoms with Crippen molar-refractivity contribution in [2.45, 2.75) is 50.3 Å². The van der Waals surface area contributed by atoms with Crippen molar-refractivity contribution in [1.82, 2.24) is 10.6 Å². The molecule has 2 aliphatic rings. The second kappa shape index (κ2) is 9.62. The maximum absolute atomic E-state index is 12.5. The fourth-order valence-electron chi connectivity index (χ4n) is 4.82. The number of aliphatic carboxylic acids is 1. The molecule has 8 heteroatoms. The smallest absolute Gasteiger partial charge is 0.407 e. The lowest BCUT2D eigenvalue weighted by Gasteiger charge is -2.20. The van der Waals surface area contributed by atoms with Crippen molar-refractivity contribution in [2.75, 3.05) is 6.61 Å². The van der Waals surface area contributed by atoms with Gasteiger partial charge in [-0.2, -0.15) is 0 Å². The molecule has 2 aromatic carbocycles. The van der Waals surface area contributed by atoms with Crippen LogP contribution in [0.2, 0.25) is 0 Å². The Bertz CT molecular complexity index is 1010. The number of aliphatic hydroxyl groups is 1. The van der Waals surface area contributed by atoms with Gasteiger partial charge < -0.3 is 25.6 Å². The summed E-state index contributed by atoms with van der Waals surface area (Å²) in [5.41, 5.74) is 4.58. The van der Waals surface area contributed by atoms with E-state index < -0.39 is 36.0 Å². The van der Waals surface area contributed by atoms with Crippen LogP contribution in [0.4, 0.5) is 4.79 Å². The van der Waals surface area contributed by atoms with Crippen molar-refractivity contribution in [3.8, 4) is 11.1 Å². The van der Waals surface area contributed by atoms with E-state index in [0.717, 1.165) is 22.3 Å². The van der Waals surface area contributed by atoms with E-state index >= 15 is 0 Å². The first-order chi connectivity index (χ1) is 15.8. The highest BCUT2D eigenvalue weighted by molar-refractivity contribution is 5.85. The zero-order valence-electron chi connectivity index (χ0n) is 18.4. The number of alkyl carbamates (subject to hydrolysis) is 1. The number of hydrogen-bond acceptors (Lipinski definition) is 5. The molecule has 4 N–H and O–H groups in total. The van der Waals surface area contributed by atoms with Crippen LogP contribution >= 0.6 is 0 Å². The number of rotatable bonds is 7. The number of fused-ring (bicyclic) bond motifs is 3. The highest BCUT2D eigenvalue weighted by atomic mass is 16.5. The predicted octanol–water partition coefficient (Wildman–Crippen LogP) is 2.64. The Kier molecular flexibility index (Phi) is 6.65. The Morgan fingerprint density at radius 3 is 2.21 bits per heavy atom. The number of aliphatic hydroxyl groups excluding tert-OH is 1. The van der Waals surface area contributed by atoms with E-state index in [0.29, 0.717) is 19.3 Å². The van der Waals surface area contributed by atoms with E-state index in [9.17, 15) is 19.5 Å². The van der Waals surface area contributed by atoms with Gasteiger partial charge in [-0.3, -0.25) is 4.79 Å². The van der Waals surface area contributed by atoms with Gasteiger partial charge in [-0.05, 0) is 48.4 Å². The van der Waals surface area contributed by atoms with Gasteiger partial charge in [-0.1, -0.05) is 48.5 Å². The van der Waals surface area contributed by atoms with E-state index in [1.54, 1.807) is 0 Å². The van der Waals surface area contributed by atoms with Crippen molar-refractivity contribution >= 4 is 18.0 Å². The number of carboxylic acids is 1. The zero-order chi connectivity index (χ0) is 23.5. The molecule has 1 saturated carbocycles. The number of hydrogen-bond donors (Lipinski definition) is 4. The monoisotopic (exact) mass is 452 g/mol. The van der Waals surface area contributed by atoms with E-state index in [4.69, 9.17) is 9.84 Å². The van der Waals surface area contributed by atoms with Gasteiger partial charge in [0.2, 0.25) is 5.91 Å². The van der Waals surface area contributed by atoms with Gasteiger partial charge in [-0.25, -0.2) is 9.59 Å². The lowest BCUT2D eigenvalue weighted by Crippen LogP contribution is -2.49. The Morgan fingerprint density at radius 1 is 1.03 bits per heavy atom. The van der Waals surface area contributed by atoms with Crippen LogP contribution in [0.25, 0.3) is 11.1 Å². The maximum Gasteiger partial charge on any atom is 0.407 e. The summed E-state index contributed by atoms with van der Waals surface area (Å²) < 4.78 is 5.56. The number of carbonyl (C=O) groups excluding carboxylic acids is 2. The van der Waals surface area contributed by atoms with Crippen LogP contribution in [0.15, 0.2) is 48.5 Å². The lowest BCUT2D eigenvalue weighted by atomic mass is 9.98. The Balaban J connectivity index is 1.30. The summed E-state index contributed by atoms with van der Waals surface area (Å²) in [6, 6.07) is 14.6. The predicted molar refractivity (Wildman–Crippen MR) is 121 cm³/mol. The third kappa shape index (κ3) is 4.85. The van der Waals surface area contributed by atoms with Crippen LogP contribution in [0, 0.1) is 5.92 Å². The number of nitrogens with one attached hydrogen (secondary N) is 2. The number of amides is 2. The van der Waals surface area contributed by atoms with Gasteiger partial charge in [0.25, 0.3) is 0 Å². The Hall–Kier alpha value is -3.39. The normalized spacial score (nSPS) is 20.9. The largest absolute Gasteiger partial charge is 0.480 e. The molecule has 0 spiro atoms. The van der Waals surface area contributed by atoms with Gasteiger partial charge in [-0.15, -0.1) is 0 Å². The molecule has 0 radical (unpaired) electrons. The first-order valence-corrected chi connectivity index (χ1v) is 11.2. The zero-order valence-corrected chi connectivity index (χ0v) is 18.4. The standard InChI is InChI=1S/C25H28N2O6/c1-14(28)22(24(30)31)27-23(29)15-10-11-16(12-15)26-25(32)33-13-21-19-8-4-2-6-17(19)18-7-3-5-9-20(18)21/h2-9,14-16,21-22,28H,10-13H2,1H3,(H,26,32)(H,27,29)(H,30,31). The van der Waals surface area contributed by atoms with Crippen molar-refractivity contribution in [2.24, 2.45) is 5.92 Å². The summed E-state index contributed by atoms with van der Waals surface area (Å²) in [6.07, 6.45) is -0.235. The third-order valence-electron chi connectivity index (χ3n) is 6.52. The molecule has 174 valence electrons. The molecule has 0 saturated heterocycles. The summed E-state index contributed by atoms with van der Waals surface area (Å²) in [5.74, 6) is -2.17. The van der Waals surface area contributed by atoms with Crippen LogP contribution in [-0.4, -0.2) is 53.0 Å². The molecule has 8 nitrogen and oxygen atoms in total. The highest BCUT2D eigenvalue weighted by Crippen LogP contribution is 2.44. The van der Waals surface area contributed by atoms with E-state index in [1.807, 2.05) is 24.3 Å². The summed E-state index contributed by atoms with van der Waals surface area (Å²) in [6.45, 7) is 1.53. The molecular formula is C25H28N2O6. The molecule has 2 aromatic rings. The highest BCUT2D eigenvalue weighted by Gasteiger charge is 2.35. The first-order valence-electron chi connectivity index (χ1n) is 11.2. The summed E-state index contributed by atoms with van der Waals surface area (Å²) in [4.78, 5) is 36.1. The van der Waals surface area contributed by atoms with Crippen LogP contribution < -0.4 is 10.6 Å². The van der Waals surface area contributed by atoms with Crippen LogP contribution in [-0.2, 0) is 14.3 Å². The quantitative estimate of drug-likeness (QED) is 0.512. The lowest BCUT2D eigenvalue weighted by molar-refractivity contribution is -0.145. The molecule has 2 amide bonds. The van der Waals surface area contributed by atoms with Crippen molar-refractivity contribution in [3.63, 3.8) is 0 Å². The topological polar surface area (TPSA) is 125 Å². The molecule has 0 heterocycles. The number of ether oxygens (including phenoxy) is 1.